The van der Waals surface area contributed by atoms with Crippen LogP contribution in [-0.4, -0.2) is 15.1 Å². The maximum atomic E-state index is 5.81. The highest BCUT2D eigenvalue weighted by Crippen LogP contribution is 2.25. The second kappa shape index (κ2) is 5.57. The second-order valence-corrected chi connectivity index (χ2v) is 5.09. The summed E-state index contributed by atoms with van der Waals surface area (Å²) in [6.07, 6.45) is 3.12. The van der Waals surface area contributed by atoms with Crippen molar-refractivity contribution >= 4 is 10.9 Å². The minimum Gasteiger partial charge on any atom is -0.481 e. The summed E-state index contributed by atoms with van der Waals surface area (Å²) in [5, 5.41) is 4.93. The van der Waals surface area contributed by atoms with E-state index in [0.717, 1.165) is 22.2 Å². The van der Waals surface area contributed by atoms with Crippen LogP contribution in [0.25, 0.3) is 22.3 Å². The van der Waals surface area contributed by atoms with Crippen molar-refractivity contribution < 1.29 is 13.7 Å². The molecular formula is C17H13N3O3. The molecule has 23 heavy (non-hydrogen) atoms. The molecule has 3 aromatic heterocycles. The van der Waals surface area contributed by atoms with E-state index in [9.17, 15) is 0 Å². The lowest BCUT2D eigenvalue weighted by molar-refractivity contribution is 0.245. The lowest BCUT2D eigenvalue weighted by Crippen LogP contribution is -1.97. The fourth-order valence-corrected chi connectivity index (χ4v) is 2.30. The number of rotatable bonds is 4. The Morgan fingerprint density at radius 3 is 2.91 bits per heavy atom. The zero-order chi connectivity index (χ0) is 15.6. The number of para-hydroxylation sites is 1. The first-order valence-corrected chi connectivity index (χ1v) is 7.14. The van der Waals surface area contributed by atoms with E-state index in [2.05, 4.69) is 15.1 Å². The molecule has 4 rings (SSSR count). The Morgan fingerprint density at radius 2 is 2.04 bits per heavy atom. The van der Waals surface area contributed by atoms with Crippen LogP contribution in [0.1, 0.15) is 11.6 Å². The van der Waals surface area contributed by atoms with Crippen molar-refractivity contribution in [2.75, 3.05) is 0 Å². The van der Waals surface area contributed by atoms with Crippen LogP contribution in [0.2, 0.25) is 0 Å². The van der Waals surface area contributed by atoms with Gasteiger partial charge in [0, 0.05) is 11.1 Å². The highest BCUT2D eigenvalue weighted by molar-refractivity contribution is 5.84. The van der Waals surface area contributed by atoms with Gasteiger partial charge >= 0.3 is 0 Å². The molecule has 6 nitrogen and oxygen atoms in total. The van der Waals surface area contributed by atoms with Gasteiger partial charge in [-0.1, -0.05) is 23.4 Å². The van der Waals surface area contributed by atoms with Crippen molar-refractivity contribution in [2.24, 2.45) is 0 Å². The van der Waals surface area contributed by atoms with Gasteiger partial charge in [-0.15, -0.1) is 0 Å². The van der Waals surface area contributed by atoms with E-state index in [0.29, 0.717) is 17.5 Å². The normalized spacial score (nSPS) is 11.0. The monoisotopic (exact) mass is 307 g/mol. The summed E-state index contributed by atoms with van der Waals surface area (Å²) in [5.74, 6) is 1.56. The fourth-order valence-electron chi connectivity index (χ4n) is 2.30. The van der Waals surface area contributed by atoms with Crippen molar-refractivity contribution in [1.29, 1.82) is 0 Å². The largest absolute Gasteiger partial charge is 0.481 e. The summed E-state index contributed by atoms with van der Waals surface area (Å²) in [4.78, 5) is 8.81. The molecule has 0 radical (unpaired) electrons. The summed E-state index contributed by atoms with van der Waals surface area (Å²) in [5.41, 5.74) is 2.53. The molecule has 0 spiro atoms. The molecule has 114 valence electrons. The SMILES string of the molecule is Cc1ccc2cccc(OCc3nc(-c4ccoc4)no3)c2n1. The van der Waals surface area contributed by atoms with Gasteiger partial charge in [0.1, 0.15) is 17.5 Å². The van der Waals surface area contributed by atoms with Gasteiger partial charge in [0.2, 0.25) is 5.82 Å². The second-order valence-electron chi connectivity index (χ2n) is 5.09. The molecule has 0 bridgehead atoms. The van der Waals surface area contributed by atoms with Gasteiger partial charge in [0.25, 0.3) is 5.89 Å². The molecule has 0 fully saturated rings. The number of hydrogen-bond acceptors (Lipinski definition) is 6. The van der Waals surface area contributed by atoms with Crippen LogP contribution in [0.3, 0.4) is 0 Å². The first-order valence-electron chi connectivity index (χ1n) is 7.14. The minimum absolute atomic E-state index is 0.180. The standard InChI is InChI=1S/C17H13N3O3/c1-11-5-6-12-3-2-4-14(16(12)18-11)22-10-15-19-17(20-23-15)13-7-8-21-9-13/h2-9H,10H2,1H3. The van der Waals surface area contributed by atoms with E-state index < -0.39 is 0 Å². The molecule has 0 aliphatic carbocycles. The van der Waals surface area contributed by atoms with Crippen molar-refractivity contribution in [3.8, 4) is 17.1 Å². The predicted octanol–water partition coefficient (Wildman–Crippen LogP) is 3.77. The Morgan fingerprint density at radius 1 is 1.09 bits per heavy atom. The van der Waals surface area contributed by atoms with Crippen LogP contribution in [-0.2, 0) is 6.61 Å². The first-order chi connectivity index (χ1) is 11.3. The molecule has 3 heterocycles. The third kappa shape index (κ3) is 2.66. The molecule has 6 heteroatoms. The summed E-state index contributed by atoms with van der Waals surface area (Å²) in [6.45, 7) is 2.13. The average molecular weight is 307 g/mol. The van der Waals surface area contributed by atoms with E-state index in [1.54, 1.807) is 18.6 Å². The molecule has 4 aromatic rings. The van der Waals surface area contributed by atoms with E-state index in [-0.39, 0.29) is 6.61 Å². The Balaban J connectivity index is 1.56. The van der Waals surface area contributed by atoms with E-state index in [1.807, 2.05) is 37.3 Å². The molecule has 0 unspecified atom stereocenters. The maximum absolute atomic E-state index is 5.81. The highest BCUT2D eigenvalue weighted by atomic mass is 16.5. The molecule has 0 saturated carbocycles. The summed E-state index contributed by atoms with van der Waals surface area (Å²) < 4.78 is 16.0. The van der Waals surface area contributed by atoms with Crippen molar-refractivity contribution in [1.82, 2.24) is 15.1 Å². The number of aryl methyl sites for hydroxylation is 1. The Bertz CT molecular complexity index is 945. The van der Waals surface area contributed by atoms with Crippen molar-refractivity contribution in [3.05, 3.63) is 60.5 Å². The third-order valence-electron chi connectivity index (χ3n) is 3.42. The summed E-state index contributed by atoms with van der Waals surface area (Å²) in [6, 6.07) is 11.6. The molecule has 0 saturated heterocycles. The van der Waals surface area contributed by atoms with Crippen LogP contribution >= 0.6 is 0 Å². The molecule has 0 atom stereocenters. The lowest BCUT2D eigenvalue weighted by atomic mass is 10.2. The lowest BCUT2D eigenvalue weighted by Gasteiger charge is -2.07. The molecule has 0 amide bonds. The van der Waals surface area contributed by atoms with Crippen LogP contribution in [0.4, 0.5) is 0 Å². The molecule has 0 N–H and O–H groups in total. The summed E-state index contributed by atoms with van der Waals surface area (Å²) in [7, 11) is 0. The average Bonchev–Trinajstić information content (AvgIpc) is 3.24. The maximum Gasteiger partial charge on any atom is 0.264 e. The van der Waals surface area contributed by atoms with Gasteiger partial charge in [-0.25, -0.2) is 4.98 Å². The number of aromatic nitrogens is 3. The van der Waals surface area contributed by atoms with Crippen molar-refractivity contribution in [2.45, 2.75) is 13.5 Å². The molecular weight excluding hydrogens is 294 g/mol. The van der Waals surface area contributed by atoms with Gasteiger partial charge in [0.05, 0.1) is 11.8 Å². The van der Waals surface area contributed by atoms with Crippen LogP contribution in [0, 0.1) is 6.92 Å². The number of benzene rings is 1. The topological polar surface area (TPSA) is 74.2 Å². The van der Waals surface area contributed by atoms with Crippen LogP contribution < -0.4 is 4.74 Å². The van der Waals surface area contributed by atoms with E-state index >= 15 is 0 Å². The van der Waals surface area contributed by atoms with Crippen LogP contribution in [0.5, 0.6) is 5.75 Å². The summed E-state index contributed by atoms with van der Waals surface area (Å²) >= 11 is 0. The predicted molar refractivity (Wildman–Crippen MR) is 82.8 cm³/mol. The number of fused-ring (bicyclic) bond motifs is 1. The number of pyridine rings is 1. The first kappa shape index (κ1) is 13.5. The van der Waals surface area contributed by atoms with Crippen molar-refractivity contribution in [3.63, 3.8) is 0 Å². The van der Waals surface area contributed by atoms with E-state index in [1.165, 1.54) is 0 Å². The fraction of sp³-hybridized carbons (Fsp3) is 0.118. The Kier molecular flexibility index (Phi) is 3.27. The van der Waals surface area contributed by atoms with Gasteiger partial charge in [-0.05, 0) is 25.1 Å². The Labute approximate surface area is 131 Å². The minimum atomic E-state index is 0.180. The van der Waals surface area contributed by atoms with Crippen LogP contribution in [0.15, 0.2) is 57.9 Å². The van der Waals surface area contributed by atoms with E-state index in [4.69, 9.17) is 13.7 Å². The molecule has 0 aliphatic heterocycles. The highest BCUT2D eigenvalue weighted by Gasteiger charge is 2.11. The smallest absolute Gasteiger partial charge is 0.264 e. The zero-order valence-corrected chi connectivity index (χ0v) is 12.4. The molecule has 0 aliphatic rings. The number of furan rings is 1. The number of hydrogen-bond donors (Lipinski definition) is 0. The van der Waals surface area contributed by atoms with Gasteiger partial charge in [0.15, 0.2) is 6.61 Å². The number of ether oxygens (including phenoxy) is 1. The molecule has 1 aromatic carbocycles. The van der Waals surface area contributed by atoms with Gasteiger partial charge < -0.3 is 13.7 Å². The van der Waals surface area contributed by atoms with Gasteiger partial charge in [-0.2, -0.15) is 4.98 Å². The quantitative estimate of drug-likeness (QED) is 0.571. The zero-order valence-electron chi connectivity index (χ0n) is 12.4. The Hall–Kier alpha value is -3.15. The third-order valence-corrected chi connectivity index (χ3v) is 3.42. The van der Waals surface area contributed by atoms with Gasteiger partial charge in [-0.3, -0.25) is 0 Å². The number of nitrogens with zero attached hydrogens (tertiary/aromatic N) is 3.